The number of hydrogen-bond donors (Lipinski definition) is 2. The number of para-hydroxylation sites is 1. The highest BCUT2D eigenvalue weighted by Crippen LogP contribution is 2.47. The third kappa shape index (κ3) is 2.48. The van der Waals surface area contributed by atoms with Crippen molar-refractivity contribution in [2.24, 2.45) is 0 Å². The van der Waals surface area contributed by atoms with Crippen molar-refractivity contribution in [3.05, 3.63) is 58.9 Å². The minimum absolute atomic E-state index is 0.0491. The summed E-state index contributed by atoms with van der Waals surface area (Å²) < 4.78 is 21.0. The van der Waals surface area contributed by atoms with Crippen LogP contribution in [0.2, 0.25) is 0 Å². The van der Waals surface area contributed by atoms with Gasteiger partial charge in [-0.2, -0.15) is 0 Å². The van der Waals surface area contributed by atoms with Crippen LogP contribution in [-0.4, -0.2) is 36.7 Å². The lowest BCUT2D eigenvalue weighted by Gasteiger charge is -2.21. The summed E-state index contributed by atoms with van der Waals surface area (Å²) in [5.74, 6) is -0.338. The van der Waals surface area contributed by atoms with Gasteiger partial charge < -0.3 is 29.2 Å². The molecule has 4 rings (SSSR count). The summed E-state index contributed by atoms with van der Waals surface area (Å²) in [7, 11) is 1.51. The monoisotopic (exact) mass is 356 g/mol. The number of cyclic esters (lactones) is 1. The van der Waals surface area contributed by atoms with Gasteiger partial charge in [0, 0.05) is 17.2 Å². The zero-order valence-corrected chi connectivity index (χ0v) is 13.9. The Balaban J connectivity index is 1.95. The Bertz CT molecular complexity index is 916. The van der Waals surface area contributed by atoms with Crippen LogP contribution in [0.4, 0.5) is 0 Å². The number of phenolic OH excluding ortho intramolecular Hbond substituents is 1. The van der Waals surface area contributed by atoms with Gasteiger partial charge in [-0.05, 0) is 12.1 Å². The number of methoxy groups -OCH3 is 1. The van der Waals surface area contributed by atoms with Gasteiger partial charge in [0.25, 0.3) is 0 Å². The molecule has 2 N–H and O–H groups in total. The third-order valence-electron chi connectivity index (χ3n) is 4.44. The largest absolute Gasteiger partial charge is 0.508 e. The molecule has 0 saturated carbocycles. The van der Waals surface area contributed by atoms with Crippen LogP contribution >= 0.6 is 0 Å². The molecule has 0 amide bonds. The standard InChI is InChI=1S/C19H16O7/c1-23-14-5-3-2-4-10(14)17(18-13(21)8-24-19(18)22)11-6-15-16(7-12(11)20)26-9-25-15/h2-7,17,20-21H,8-9H2,1H3. The molecule has 134 valence electrons. The summed E-state index contributed by atoms with van der Waals surface area (Å²) in [6, 6.07) is 10.1. The maximum atomic E-state index is 12.3. The van der Waals surface area contributed by atoms with Crippen LogP contribution < -0.4 is 14.2 Å². The SMILES string of the molecule is COc1ccccc1C(C1=C(O)COC1=O)c1cc2c(cc1O)OCO2. The van der Waals surface area contributed by atoms with E-state index < -0.39 is 11.9 Å². The van der Waals surface area contributed by atoms with Gasteiger partial charge >= 0.3 is 5.97 Å². The second-order valence-corrected chi connectivity index (χ2v) is 5.88. The van der Waals surface area contributed by atoms with Crippen molar-refractivity contribution in [3.63, 3.8) is 0 Å². The molecule has 0 aliphatic carbocycles. The van der Waals surface area contributed by atoms with Gasteiger partial charge in [0.1, 0.15) is 23.9 Å². The van der Waals surface area contributed by atoms with Gasteiger partial charge in [-0.15, -0.1) is 0 Å². The molecule has 1 unspecified atom stereocenters. The first kappa shape index (κ1) is 16.1. The summed E-state index contributed by atoms with van der Waals surface area (Å²) in [6.07, 6.45) is 0. The van der Waals surface area contributed by atoms with Crippen molar-refractivity contribution in [1.29, 1.82) is 0 Å². The lowest BCUT2D eigenvalue weighted by atomic mass is 9.83. The molecule has 0 fully saturated rings. The molecular weight excluding hydrogens is 340 g/mol. The molecular formula is C19H16O7. The van der Waals surface area contributed by atoms with Crippen molar-refractivity contribution in [1.82, 2.24) is 0 Å². The molecule has 2 heterocycles. The van der Waals surface area contributed by atoms with Gasteiger partial charge in [0.15, 0.2) is 11.5 Å². The quantitative estimate of drug-likeness (QED) is 0.813. The van der Waals surface area contributed by atoms with Crippen molar-refractivity contribution in [2.45, 2.75) is 5.92 Å². The average Bonchev–Trinajstić information content (AvgIpc) is 3.23. The second-order valence-electron chi connectivity index (χ2n) is 5.88. The van der Waals surface area contributed by atoms with Crippen LogP contribution in [0.1, 0.15) is 17.0 Å². The van der Waals surface area contributed by atoms with E-state index in [9.17, 15) is 15.0 Å². The van der Waals surface area contributed by atoms with Crippen LogP contribution in [0.25, 0.3) is 0 Å². The predicted octanol–water partition coefficient (Wildman–Crippen LogP) is 2.63. The van der Waals surface area contributed by atoms with Crippen LogP contribution in [0, 0.1) is 0 Å². The van der Waals surface area contributed by atoms with E-state index in [2.05, 4.69) is 0 Å². The Kier molecular flexibility index (Phi) is 3.84. The number of ether oxygens (including phenoxy) is 4. The molecule has 0 spiro atoms. The van der Waals surface area contributed by atoms with Gasteiger partial charge in [0.2, 0.25) is 6.79 Å². The van der Waals surface area contributed by atoms with E-state index in [-0.39, 0.29) is 30.5 Å². The fraction of sp³-hybridized carbons (Fsp3) is 0.211. The number of aliphatic hydroxyl groups excluding tert-OH is 1. The minimum atomic E-state index is -0.796. The molecule has 7 heteroatoms. The molecule has 0 aromatic heterocycles. The van der Waals surface area contributed by atoms with E-state index in [0.717, 1.165) is 0 Å². The number of rotatable bonds is 4. The highest BCUT2D eigenvalue weighted by atomic mass is 16.7. The van der Waals surface area contributed by atoms with Gasteiger partial charge in [0.05, 0.1) is 18.6 Å². The molecule has 26 heavy (non-hydrogen) atoms. The number of aliphatic hydroxyl groups is 1. The van der Waals surface area contributed by atoms with E-state index in [1.54, 1.807) is 30.3 Å². The number of hydrogen-bond acceptors (Lipinski definition) is 7. The fourth-order valence-electron chi connectivity index (χ4n) is 3.25. The molecule has 2 aromatic rings. The molecule has 2 aliphatic rings. The van der Waals surface area contributed by atoms with Crippen molar-refractivity contribution >= 4 is 5.97 Å². The highest BCUT2D eigenvalue weighted by molar-refractivity contribution is 5.94. The van der Waals surface area contributed by atoms with Gasteiger partial charge in [-0.25, -0.2) is 4.79 Å². The average molecular weight is 356 g/mol. The van der Waals surface area contributed by atoms with Crippen LogP contribution in [0.3, 0.4) is 0 Å². The zero-order chi connectivity index (χ0) is 18.3. The maximum Gasteiger partial charge on any atom is 0.338 e. The summed E-state index contributed by atoms with van der Waals surface area (Å²) >= 11 is 0. The molecule has 0 bridgehead atoms. The number of aromatic hydroxyl groups is 1. The van der Waals surface area contributed by atoms with E-state index in [4.69, 9.17) is 18.9 Å². The molecule has 1 atom stereocenters. The Morgan fingerprint density at radius 1 is 1.04 bits per heavy atom. The summed E-state index contributed by atoms with van der Waals surface area (Å²) in [5, 5.41) is 20.8. The van der Waals surface area contributed by atoms with Crippen LogP contribution in [-0.2, 0) is 9.53 Å². The maximum absolute atomic E-state index is 12.3. The van der Waals surface area contributed by atoms with E-state index in [0.29, 0.717) is 28.4 Å². The number of benzene rings is 2. The minimum Gasteiger partial charge on any atom is -0.508 e. The fourth-order valence-corrected chi connectivity index (χ4v) is 3.25. The topological polar surface area (TPSA) is 94.5 Å². The summed E-state index contributed by atoms with van der Waals surface area (Å²) in [5.41, 5.74) is 1.03. The first-order valence-electron chi connectivity index (χ1n) is 7.94. The second kappa shape index (κ2) is 6.18. The molecule has 2 aromatic carbocycles. The first-order valence-corrected chi connectivity index (χ1v) is 7.94. The smallest absolute Gasteiger partial charge is 0.338 e. The van der Waals surface area contributed by atoms with Crippen molar-refractivity contribution < 1.29 is 34.0 Å². The van der Waals surface area contributed by atoms with Gasteiger partial charge in [-0.3, -0.25) is 0 Å². The van der Waals surface area contributed by atoms with E-state index >= 15 is 0 Å². The van der Waals surface area contributed by atoms with Crippen molar-refractivity contribution in [3.8, 4) is 23.0 Å². The van der Waals surface area contributed by atoms with Crippen molar-refractivity contribution in [2.75, 3.05) is 20.5 Å². The Hall–Kier alpha value is -3.35. The lowest BCUT2D eigenvalue weighted by Crippen LogP contribution is -2.13. The summed E-state index contributed by atoms with van der Waals surface area (Å²) in [4.78, 5) is 12.3. The first-order chi connectivity index (χ1) is 12.6. The number of phenols is 1. The Morgan fingerprint density at radius 2 is 1.77 bits per heavy atom. The predicted molar refractivity (Wildman–Crippen MR) is 89.7 cm³/mol. The Labute approximate surface area is 149 Å². The van der Waals surface area contributed by atoms with E-state index in [1.807, 2.05) is 0 Å². The van der Waals surface area contributed by atoms with Gasteiger partial charge in [-0.1, -0.05) is 18.2 Å². The number of esters is 1. The number of carbonyl (C=O) groups is 1. The molecule has 0 saturated heterocycles. The normalized spacial score (nSPS) is 16.6. The number of carbonyl (C=O) groups excluding carboxylic acids is 1. The van der Waals surface area contributed by atoms with E-state index in [1.165, 1.54) is 13.2 Å². The zero-order valence-electron chi connectivity index (χ0n) is 13.9. The van der Waals surface area contributed by atoms with Crippen LogP contribution in [0.5, 0.6) is 23.0 Å². The Morgan fingerprint density at radius 3 is 2.46 bits per heavy atom. The molecule has 0 radical (unpaired) electrons. The number of fused-ring (bicyclic) bond motifs is 1. The lowest BCUT2D eigenvalue weighted by molar-refractivity contribution is -0.136. The molecule has 7 nitrogen and oxygen atoms in total. The third-order valence-corrected chi connectivity index (χ3v) is 4.44. The highest BCUT2D eigenvalue weighted by Gasteiger charge is 2.37. The van der Waals surface area contributed by atoms with Crippen LogP contribution in [0.15, 0.2) is 47.7 Å². The summed E-state index contributed by atoms with van der Waals surface area (Å²) in [6.45, 7) is -0.154. The molecule has 2 aliphatic heterocycles.